The molecule has 16 nitrogen and oxygen atoms in total. The second-order valence-corrected chi connectivity index (χ2v) is 14.9. The van der Waals surface area contributed by atoms with E-state index in [2.05, 4.69) is 20.4 Å². The Kier molecular flexibility index (Phi) is 11.9. The topological polar surface area (TPSA) is 206 Å². The molecule has 1 amide bonds. The van der Waals surface area contributed by atoms with Crippen LogP contribution in [0.15, 0.2) is 27.9 Å². The number of H-pyrrole nitrogens is 1. The Bertz CT molecular complexity index is 1800. The van der Waals surface area contributed by atoms with Gasteiger partial charge in [-0.15, -0.1) is 0 Å². The third kappa shape index (κ3) is 9.47. The van der Waals surface area contributed by atoms with Crippen molar-refractivity contribution in [2.45, 2.75) is 51.5 Å². The number of alkyl carbamates (subject to hydrolysis) is 1. The van der Waals surface area contributed by atoms with E-state index in [1.807, 2.05) is 34.7 Å². The standard InChI is InChI=1S/C27H39N7O6S.CH4O3S/c1-7-9-21-23-24(32(5)31-21)26(35)30-25(29-23)20-16-19(10-11-22(20)39-8-2)41(37,38)33-12-14-34(6,15-13-33)17-40-27(36)28-18(3)4;1-5(2,3)4/h10-11,16,18H,7-9,12-15,17H2,1-6H3,(H-,28,29,30,35,36);1H3,(H,2,3,4). The monoisotopic (exact) mass is 685 g/mol. The number of aromatic nitrogens is 4. The number of nitrogens with one attached hydrogen (secondary N) is 2. The number of likely N-dealkylation sites (N-methyl/N-ethyl adjacent to an activating group) is 1. The highest BCUT2D eigenvalue weighted by Gasteiger charge is 2.36. The predicted octanol–water partition coefficient (Wildman–Crippen LogP) is 1.38. The van der Waals surface area contributed by atoms with Gasteiger partial charge in [0.15, 0.2) is 5.52 Å². The van der Waals surface area contributed by atoms with Crippen molar-refractivity contribution in [2.75, 3.05) is 52.8 Å². The summed E-state index contributed by atoms with van der Waals surface area (Å²) in [6.07, 6.45) is 1.62. The van der Waals surface area contributed by atoms with E-state index in [0.717, 1.165) is 12.1 Å². The van der Waals surface area contributed by atoms with Crippen molar-refractivity contribution in [1.29, 1.82) is 0 Å². The second-order valence-electron chi connectivity index (χ2n) is 11.6. The lowest BCUT2D eigenvalue weighted by Gasteiger charge is -2.40. The lowest BCUT2D eigenvalue weighted by molar-refractivity contribution is -0.928. The summed E-state index contributed by atoms with van der Waals surface area (Å²) in [5.41, 5.74) is 1.60. The molecular weight excluding hydrogens is 642 g/mol. The zero-order valence-corrected chi connectivity index (χ0v) is 28.8. The van der Waals surface area contributed by atoms with Crippen LogP contribution in [-0.4, -0.2) is 115 Å². The van der Waals surface area contributed by atoms with Crippen LogP contribution in [0.1, 0.15) is 39.8 Å². The van der Waals surface area contributed by atoms with Crippen molar-refractivity contribution in [1.82, 2.24) is 29.4 Å². The highest BCUT2D eigenvalue weighted by molar-refractivity contribution is 7.89. The van der Waals surface area contributed by atoms with Crippen LogP contribution in [-0.2, 0) is 38.3 Å². The van der Waals surface area contributed by atoms with Gasteiger partial charge in [0.25, 0.3) is 5.56 Å². The lowest BCUT2D eigenvalue weighted by Crippen LogP contribution is -2.59. The summed E-state index contributed by atoms with van der Waals surface area (Å²) >= 11 is 0. The highest BCUT2D eigenvalue weighted by atomic mass is 32.2. The van der Waals surface area contributed by atoms with Gasteiger partial charge in [-0.1, -0.05) is 13.3 Å². The number of aromatic amines is 1. The van der Waals surface area contributed by atoms with Gasteiger partial charge in [0.2, 0.25) is 16.8 Å². The molecule has 1 aliphatic heterocycles. The summed E-state index contributed by atoms with van der Waals surface area (Å²) in [6, 6.07) is 4.57. The number of carbonyl (C=O) groups excluding carboxylic acids is 1. The van der Waals surface area contributed by atoms with Crippen LogP contribution < -0.4 is 15.6 Å². The van der Waals surface area contributed by atoms with Crippen LogP contribution in [0, 0.1) is 0 Å². The van der Waals surface area contributed by atoms with Gasteiger partial charge < -0.3 is 24.3 Å². The van der Waals surface area contributed by atoms with Gasteiger partial charge in [-0.05, 0) is 45.4 Å². The Hall–Kier alpha value is -3.58. The quantitative estimate of drug-likeness (QED) is 0.230. The van der Waals surface area contributed by atoms with Crippen molar-refractivity contribution < 1.29 is 40.1 Å². The fourth-order valence-electron chi connectivity index (χ4n) is 4.87. The number of piperazine rings is 1. The van der Waals surface area contributed by atoms with Crippen molar-refractivity contribution >= 4 is 37.3 Å². The molecule has 1 saturated heterocycles. The van der Waals surface area contributed by atoms with Gasteiger partial charge in [-0.2, -0.15) is 14.4 Å². The largest absolute Gasteiger partial charge is 0.748 e. The number of ether oxygens (including phenoxy) is 2. The maximum Gasteiger partial charge on any atom is 0.411 e. The molecule has 3 heterocycles. The maximum atomic E-state index is 13.7. The zero-order valence-electron chi connectivity index (χ0n) is 27.2. The number of aryl methyl sites for hydroxylation is 2. The maximum absolute atomic E-state index is 13.7. The van der Waals surface area contributed by atoms with E-state index in [9.17, 15) is 18.0 Å². The van der Waals surface area contributed by atoms with Gasteiger partial charge in [0.05, 0.1) is 71.6 Å². The lowest BCUT2D eigenvalue weighted by atomic mass is 10.1. The average Bonchev–Trinajstić information content (AvgIpc) is 3.26. The molecule has 2 N–H and O–H groups in total. The first-order valence-corrected chi connectivity index (χ1v) is 18.0. The summed E-state index contributed by atoms with van der Waals surface area (Å²) in [7, 11) is -4.16. The van der Waals surface area contributed by atoms with E-state index in [4.69, 9.17) is 22.4 Å². The Morgan fingerprint density at radius 2 is 1.80 bits per heavy atom. The van der Waals surface area contributed by atoms with Gasteiger partial charge in [0.1, 0.15) is 11.6 Å². The number of fused-ring (bicyclic) bond motifs is 1. The molecule has 1 aromatic carbocycles. The normalized spacial score (nSPS) is 15.3. The molecule has 4 rings (SSSR count). The van der Waals surface area contributed by atoms with Crippen molar-refractivity contribution in [2.24, 2.45) is 7.05 Å². The van der Waals surface area contributed by atoms with Gasteiger partial charge >= 0.3 is 6.09 Å². The SMILES string of the molecule is CCCc1nn(C)c2c(=O)nc(-c3cc(S(=O)(=O)N4CC[N+](C)(COC(=O)NC(C)C)CC4)ccc3OCC)[nH]c12.CS(=O)(=O)[O-]. The molecule has 0 aliphatic carbocycles. The van der Waals surface area contributed by atoms with E-state index in [1.54, 1.807) is 13.1 Å². The molecular formula is C28H43N7O9S2. The summed E-state index contributed by atoms with van der Waals surface area (Å²) in [6.45, 7) is 9.52. The van der Waals surface area contributed by atoms with Gasteiger partial charge in [-0.3, -0.25) is 14.0 Å². The first-order valence-electron chi connectivity index (χ1n) is 14.8. The van der Waals surface area contributed by atoms with E-state index in [0.29, 0.717) is 59.2 Å². The molecule has 0 radical (unpaired) electrons. The summed E-state index contributed by atoms with van der Waals surface area (Å²) < 4.78 is 69.2. The third-order valence-electron chi connectivity index (χ3n) is 7.10. The molecule has 3 aromatic rings. The molecule has 1 aliphatic rings. The molecule has 18 heteroatoms. The van der Waals surface area contributed by atoms with E-state index < -0.39 is 31.8 Å². The number of sulfonamides is 1. The number of nitrogens with zero attached hydrogens (tertiary/aromatic N) is 5. The van der Waals surface area contributed by atoms with Crippen molar-refractivity contribution in [3.63, 3.8) is 0 Å². The highest BCUT2D eigenvalue weighted by Crippen LogP contribution is 2.32. The number of quaternary nitrogens is 1. The van der Waals surface area contributed by atoms with Crippen molar-refractivity contribution in [3.05, 3.63) is 34.2 Å². The number of hydrogen-bond donors (Lipinski definition) is 2. The number of hydrogen-bond acceptors (Lipinski definition) is 11. The zero-order chi connectivity index (χ0) is 34.4. The molecule has 2 aromatic heterocycles. The van der Waals surface area contributed by atoms with Gasteiger partial charge in [-0.25, -0.2) is 21.6 Å². The Morgan fingerprint density at radius 1 is 1.17 bits per heavy atom. The molecule has 0 unspecified atom stereocenters. The fraction of sp³-hybridized carbons (Fsp3) is 0.571. The first kappa shape index (κ1) is 36.9. The molecule has 1 fully saturated rings. The molecule has 0 atom stereocenters. The Labute approximate surface area is 269 Å². The van der Waals surface area contributed by atoms with E-state index in [-0.39, 0.29) is 36.6 Å². The first-order chi connectivity index (χ1) is 21.4. The van der Waals surface area contributed by atoms with Crippen LogP contribution in [0.25, 0.3) is 22.4 Å². The summed E-state index contributed by atoms with van der Waals surface area (Å²) in [4.78, 5) is 32.5. The Balaban J connectivity index is 0.00000107. The van der Waals surface area contributed by atoms with Crippen molar-refractivity contribution in [3.8, 4) is 17.1 Å². The molecule has 46 heavy (non-hydrogen) atoms. The smallest absolute Gasteiger partial charge is 0.411 e. The second kappa shape index (κ2) is 14.9. The minimum Gasteiger partial charge on any atom is -0.748 e. The summed E-state index contributed by atoms with van der Waals surface area (Å²) in [5, 5.41) is 7.17. The average molecular weight is 686 g/mol. The predicted molar refractivity (Wildman–Crippen MR) is 170 cm³/mol. The molecule has 0 bridgehead atoms. The van der Waals surface area contributed by atoms with Crippen LogP contribution in [0.3, 0.4) is 0 Å². The van der Waals surface area contributed by atoms with Crippen LogP contribution in [0.2, 0.25) is 0 Å². The summed E-state index contributed by atoms with van der Waals surface area (Å²) in [5.74, 6) is 0.627. The number of rotatable bonds is 10. The minimum absolute atomic E-state index is 0.0357. The van der Waals surface area contributed by atoms with E-state index in [1.165, 1.54) is 21.1 Å². The Morgan fingerprint density at radius 3 is 2.37 bits per heavy atom. The van der Waals surface area contributed by atoms with Gasteiger partial charge in [0, 0.05) is 19.3 Å². The number of benzene rings is 1. The fourth-order valence-corrected chi connectivity index (χ4v) is 6.32. The van der Waals surface area contributed by atoms with Crippen LogP contribution >= 0.6 is 0 Å². The third-order valence-corrected chi connectivity index (χ3v) is 9.00. The number of amides is 1. The number of carbonyl (C=O) groups is 1. The molecule has 0 spiro atoms. The van der Waals surface area contributed by atoms with E-state index >= 15 is 0 Å². The molecule has 0 saturated carbocycles. The molecule has 256 valence electrons. The van der Waals surface area contributed by atoms with Crippen LogP contribution in [0.5, 0.6) is 5.75 Å². The van der Waals surface area contributed by atoms with Crippen LogP contribution in [0.4, 0.5) is 4.79 Å². The minimum atomic E-state index is -3.92.